The number of nitrogens with zero attached hydrogens (tertiary/aromatic N) is 1. The van der Waals surface area contributed by atoms with Crippen LogP contribution in [0.15, 0.2) is 78.9 Å². The predicted octanol–water partition coefficient (Wildman–Crippen LogP) is 6.51. The van der Waals surface area contributed by atoms with Crippen LogP contribution in [0.4, 0.5) is 0 Å². The lowest BCUT2D eigenvalue weighted by molar-refractivity contribution is -0.633. The number of aromatic nitrogens is 1. The number of hydrogen-bond donors (Lipinski definition) is 0. The van der Waals surface area contributed by atoms with E-state index in [4.69, 9.17) is 0 Å². The maximum absolute atomic E-state index is 2.37. The summed E-state index contributed by atoms with van der Waals surface area (Å²) >= 11 is 0. The molecule has 136 valence electrons. The number of pyridine rings is 1. The molecule has 0 spiro atoms. The highest BCUT2D eigenvalue weighted by molar-refractivity contribution is 6.09. The van der Waals surface area contributed by atoms with Gasteiger partial charge >= 0.3 is 0 Å². The summed E-state index contributed by atoms with van der Waals surface area (Å²) in [6.07, 6.45) is 1.06. The van der Waals surface area contributed by atoms with Gasteiger partial charge < -0.3 is 0 Å². The van der Waals surface area contributed by atoms with Crippen molar-refractivity contribution in [3.05, 3.63) is 90.0 Å². The van der Waals surface area contributed by atoms with Crippen molar-refractivity contribution in [2.24, 2.45) is 7.05 Å². The van der Waals surface area contributed by atoms with Crippen molar-refractivity contribution in [2.45, 2.75) is 20.3 Å². The molecule has 1 heterocycles. The molecule has 0 radical (unpaired) electrons. The van der Waals surface area contributed by atoms with Crippen LogP contribution in [-0.2, 0) is 13.5 Å². The molecule has 0 fully saturated rings. The van der Waals surface area contributed by atoms with Crippen molar-refractivity contribution < 1.29 is 4.57 Å². The van der Waals surface area contributed by atoms with E-state index < -0.39 is 0 Å². The lowest BCUT2D eigenvalue weighted by atomic mass is 9.95. The molecule has 0 saturated carbocycles. The molecule has 1 heteroatoms. The first kappa shape index (κ1) is 16.9. The Bertz CT molecular complexity index is 1360. The Labute approximate surface area is 165 Å². The maximum Gasteiger partial charge on any atom is 0.213 e. The molecule has 1 nitrogen and oxygen atoms in total. The third-order valence-corrected chi connectivity index (χ3v) is 6.01. The molecule has 0 bridgehead atoms. The third-order valence-electron chi connectivity index (χ3n) is 6.01. The molecule has 0 unspecified atom stereocenters. The van der Waals surface area contributed by atoms with E-state index in [1.165, 1.54) is 54.8 Å². The number of benzene rings is 4. The van der Waals surface area contributed by atoms with Gasteiger partial charge in [-0.05, 0) is 64.2 Å². The predicted molar refractivity (Wildman–Crippen MR) is 120 cm³/mol. The quantitative estimate of drug-likeness (QED) is 0.249. The summed E-state index contributed by atoms with van der Waals surface area (Å²) in [5.74, 6) is 0. The van der Waals surface area contributed by atoms with E-state index in [1.54, 1.807) is 0 Å². The second kappa shape index (κ2) is 6.45. The second-order valence-corrected chi connectivity index (χ2v) is 7.70. The van der Waals surface area contributed by atoms with Gasteiger partial charge in [-0.25, -0.2) is 0 Å². The number of fused-ring (bicyclic) bond motifs is 4. The highest BCUT2D eigenvalue weighted by atomic mass is 14.9. The monoisotopic (exact) mass is 362 g/mol. The van der Waals surface area contributed by atoms with Gasteiger partial charge in [0.2, 0.25) is 11.2 Å². The van der Waals surface area contributed by atoms with Crippen LogP contribution in [0.3, 0.4) is 0 Å². The highest BCUT2D eigenvalue weighted by Gasteiger charge is 2.17. The van der Waals surface area contributed by atoms with Crippen LogP contribution in [0.25, 0.3) is 43.7 Å². The molecule has 0 aliphatic carbocycles. The van der Waals surface area contributed by atoms with Crippen molar-refractivity contribution in [3.8, 4) is 11.3 Å². The van der Waals surface area contributed by atoms with Crippen molar-refractivity contribution in [1.82, 2.24) is 0 Å². The summed E-state index contributed by atoms with van der Waals surface area (Å²) in [4.78, 5) is 0. The third kappa shape index (κ3) is 2.58. The molecule has 4 aromatic carbocycles. The Morgan fingerprint density at radius 3 is 2.32 bits per heavy atom. The zero-order valence-electron chi connectivity index (χ0n) is 16.7. The topological polar surface area (TPSA) is 3.88 Å². The van der Waals surface area contributed by atoms with Gasteiger partial charge in [0.1, 0.15) is 7.05 Å². The van der Waals surface area contributed by atoms with Crippen LogP contribution in [0, 0.1) is 6.92 Å². The van der Waals surface area contributed by atoms with Gasteiger partial charge in [-0.2, -0.15) is 4.57 Å². The molecule has 0 saturated heterocycles. The molecule has 0 N–H and O–H groups in total. The lowest BCUT2D eigenvalue weighted by Crippen LogP contribution is -2.32. The summed E-state index contributed by atoms with van der Waals surface area (Å²) in [5, 5.41) is 6.52. The zero-order chi connectivity index (χ0) is 19.3. The van der Waals surface area contributed by atoms with E-state index in [0.717, 1.165) is 6.42 Å². The number of rotatable bonds is 2. The zero-order valence-corrected chi connectivity index (χ0v) is 16.7. The van der Waals surface area contributed by atoms with Gasteiger partial charge in [-0.3, -0.25) is 0 Å². The molecular weight excluding hydrogens is 338 g/mol. The van der Waals surface area contributed by atoms with E-state index in [1.807, 2.05) is 0 Å². The molecule has 5 aromatic rings. The van der Waals surface area contributed by atoms with Crippen LogP contribution in [0.2, 0.25) is 0 Å². The fraction of sp³-hybridized carbons (Fsp3) is 0.148. The van der Waals surface area contributed by atoms with Crippen LogP contribution < -0.4 is 4.57 Å². The Balaban J connectivity index is 1.82. The molecular formula is C27H24N+. The van der Waals surface area contributed by atoms with E-state index in [0.29, 0.717) is 0 Å². The molecule has 0 amide bonds. The summed E-state index contributed by atoms with van der Waals surface area (Å²) < 4.78 is 2.34. The Morgan fingerprint density at radius 1 is 0.714 bits per heavy atom. The van der Waals surface area contributed by atoms with Crippen LogP contribution >= 0.6 is 0 Å². The molecule has 5 rings (SSSR count). The average Bonchev–Trinajstić information content (AvgIpc) is 2.73. The standard InChI is InChI=1S/C27H24N/c1-4-19-9-10-21-13-14-26(28(3)27(21)16-19)24-17-25-22(15-18(24)2)12-11-20-7-5-6-8-23(20)25/h5-17H,4H2,1-3H3/q+1. The van der Waals surface area contributed by atoms with Crippen molar-refractivity contribution in [1.29, 1.82) is 0 Å². The molecule has 0 aliphatic heterocycles. The SMILES string of the molecule is CCc1ccc2ccc(-c3cc4c(ccc5ccccc54)cc3C)[n+](C)c2c1. The summed E-state index contributed by atoms with van der Waals surface area (Å²) in [5.41, 5.74) is 6.53. The molecule has 28 heavy (non-hydrogen) atoms. The van der Waals surface area contributed by atoms with E-state index >= 15 is 0 Å². The van der Waals surface area contributed by atoms with E-state index in [2.05, 4.69) is 104 Å². The maximum atomic E-state index is 2.37. The fourth-order valence-corrected chi connectivity index (χ4v) is 4.37. The highest BCUT2D eigenvalue weighted by Crippen LogP contribution is 2.32. The van der Waals surface area contributed by atoms with Gasteiger partial charge in [-0.1, -0.05) is 55.5 Å². The Kier molecular flexibility index (Phi) is 3.91. The normalized spacial score (nSPS) is 11.5. The van der Waals surface area contributed by atoms with Gasteiger partial charge in [0.25, 0.3) is 0 Å². The number of hydrogen-bond acceptors (Lipinski definition) is 0. The van der Waals surface area contributed by atoms with Gasteiger partial charge in [0.05, 0.1) is 0 Å². The summed E-state index contributed by atoms with van der Waals surface area (Å²) in [7, 11) is 2.18. The van der Waals surface area contributed by atoms with Gasteiger partial charge in [0.15, 0.2) is 0 Å². The summed E-state index contributed by atoms with van der Waals surface area (Å²) in [6.45, 7) is 4.43. The molecule has 0 atom stereocenters. The molecule has 0 aliphatic rings. The van der Waals surface area contributed by atoms with Gasteiger partial charge in [-0.15, -0.1) is 0 Å². The van der Waals surface area contributed by atoms with Crippen molar-refractivity contribution >= 4 is 32.4 Å². The second-order valence-electron chi connectivity index (χ2n) is 7.70. The first-order chi connectivity index (χ1) is 13.7. The van der Waals surface area contributed by atoms with Gasteiger partial charge in [0, 0.05) is 23.1 Å². The van der Waals surface area contributed by atoms with Crippen LogP contribution in [0.5, 0.6) is 0 Å². The smallest absolute Gasteiger partial charge is 0.194 e. The minimum atomic E-state index is 1.06. The summed E-state index contributed by atoms with van der Waals surface area (Å²) in [6, 6.07) is 29.1. The van der Waals surface area contributed by atoms with Crippen LogP contribution in [0.1, 0.15) is 18.1 Å². The largest absolute Gasteiger partial charge is 0.213 e. The lowest BCUT2D eigenvalue weighted by Gasteiger charge is -2.11. The Morgan fingerprint density at radius 2 is 1.46 bits per heavy atom. The molecule has 1 aromatic heterocycles. The minimum Gasteiger partial charge on any atom is -0.194 e. The number of aryl methyl sites for hydroxylation is 3. The first-order valence-corrected chi connectivity index (χ1v) is 10.00. The van der Waals surface area contributed by atoms with Crippen molar-refractivity contribution in [2.75, 3.05) is 0 Å². The minimum absolute atomic E-state index is 1.06. The average molecular weight is 362 g/mol. The fourth-order valence-electron chi connectivity index (χ4n) is 4.37. The van der Waals surface area contributed by atoms with Crippen molar-refractivity contribution in [3.63, 3.8) is 0 Å². The Hall–Kier alpha value is -3.19. The first-order valence-electron chi connectivity index (χ1n) is 10.00. The van der Waals surface area contributed by atoms with E-state index in [9.17, 15) is 0 Å². The van der Waals surface area contributed by atoms with Crippen LogP contribution in [-0.4, -0.2) is 0 Å². The van der Waals surface area contributed by atoms with E-state index in [-0.39, 0.29) is 0 Å².